The summed E-state index contributed by atoms with van der Waals surface area (Å²) in [7, 11) is 0. The van der Waals surface area contributed by atoms with E-state index in [1.165, 1.54) is 0 Å². The Balaban J connectivity index is 1.62. The van der Waals surface area contributed by atoms with E-state index in [2.05, 4.69) is 25.6 Å². The number of carboxylic acid groups (broad SMARTS) is 2. The van der Waals surface area contributed by atoms with Gasteiger partial charge in [-0.15, -0.1) is 10.2 Å². The van der Waals surface area contributed by atoms with Crippen molar-refractivity contribution in [1.29, 1.82) is 0 Å². The van der Waals surface area contributed by atoms with Crippen LogP contribution in [0.4, 0.5) is 39.5 Å². The molecule has 0 radical (unpaired) electrons. The maximum Gasteiger partial charge on any atom is 0.419 e. The highest BCUT2D eigenvalue weighted by Crippen LogP contribution is 2.38. The Bertz CT molecular complexity index is 2020. The van der Waals surface area contributed by atoms with Gasteiger partial charge in [0.05, 0.1) is 63.8 Å². The molecule has 0 unspecified atom stereocenters. The van der Waals surface area contributed by atoms with Crippen LogP contribution in [0.15, 0.2) is 60.9 Å². The molecule has 0 bridgehead atoms. The number of carbonyl (C=O) groups is 3. The van der Waals surface area contributed by atoms with Crippen LogP contribution in [0.1, 0.15) is 48.6 Å². The third-order valence-corrected chi connectivity index (χ3v) is 6.90. The summed E-state index contributed by atoms with van der Waals surface area (Å²) in [6.07, 6.45) is -14.7. The van der Waals surface area contributed by atoms with Crippen LogP contribution in [0.5, 0.6) is 0 Å². The number of amides is 1. The Kier molecular flexibility index (Phi) is 9.28. The third kappa shape index (κ3) is 7.78. The summed E-state index contributed by atoms with van der Waals surface area (Å²) in [4.78, 5) is 40.2. The van der Waals surface area contributed by atoms with Crippen molar-refractivity contribution in [1.82, 2.24) is 40.3 Å². The van der Waals surface area contributed by atoms with Crippen molar-refractivity contribution in [3.8, 4) is 34.2 Å². The fourth-order valence-electron chi connectivity index (χ4n) is 4.76. The van der Waals surface area contributed by atoms with Crippen LogP contribution >= 0.6 is 0 Å². The molecule has 22 heteroatoms. The number of hydrogen-bond acceptors (Lipinski definition) is 8. The van der Waals surface area contributed by atoms with E-state index in [9.17, 15) is 64.1 Å². The van der Waals surface area contributed by atoms with Gasteiger partial charge in [-0.25, -0.2) is 23.9 Å². The van der Waals surface area contributed by atoms with Crippen LogP contribution in [0.3, 0.4) is 0 Å². The number of aromatic carboxylic acids is 2. The molecule has 2 aromatic carbocycles. The first-order chi connectivity index (χ1) is 23.7. The Hall–Kier alpha value is -6.35. The number of pyridine rings is 1. The summed E-state index contributed by atoms with van der Waals surface area (Å²) < 4.78 is 123. The highest BCUT2D eigenvalue weighted by atomic mass is 19.4. The lowest BCUT2D eigenvalue weighted by Crippen LogP contribution is -2.28. The van der Waals surface area contributed by atoms with Crippen molar-refractivity contribution >= 4 is 17.8 Å². The standard InChI is InChI=1S/C29H17F9N8O5/c30-27(31,32)7-8-39-24(47)13-9-16(18-11-45(43-41-18)20-5-1-3-14(25(48)49)22(20)28(33,34)35)40-17(10-13)19-12-46(44-42-19)21-6-2-4-15(26(50)51)23(21)29(36,37)38/h1-6,9-12H,7-8H2,(H,39,47)(H,48,49)(H,50,51). The van der Waals surface area contributed by atoms with Gasteiger partial charge in [-0.2, -0.15) is 39.5 Å². The molecule has 0 spiro atoms. The van der Waals surface area contributed by atoms with E-state index in [-0.39, 0.29) is 22.8 Å². The van der Waals surface area contributed by atoms with Gasteiger partial charge in [0.15, 0.2) is 0 Å². The fourth-order valence-corrected chi connectivity index (χ4v) is 4.76. The molecule has 13 nitrogen and oxygen atoms in total. The number of nitrogens with one attached hydrogen (secondary N) is 1. The van der Waals surface area contributed by atoms with E-state index in [1.807, 2.05) is 5.32 Å². The number of hydrogen-bond donors (Lipinski definition) is 3. The number of benzene rings is 2. The van der Waals surface area contributed by atoms with Crippen molar-refractivity contribution in [2.75, 3.05) is 6.54 Å². The summed E-state index contributed by atoms with van der Waals surface area (Å²) in [5.41, 5.74) is -8.72. The maximum atomic E-state index is 14.0. The van der Waals surface area contributed by atoms with Gasteiger partial charge in [-0.3, -0.25) is 4.79 Å². The van der Waals surface area contributed by atoms with Crippen LogP contribution < -0.4 is 5.32 Å². The lowest BCUT2D eigenvalue weighted by Gasteiger charge is -2.14. The average Bonchev–Trinajstić information content (AvgIpc) is 3.73. The predicted molar refractivity (Wildman–Crippen MR) is 152 cm³/mol. The number of carbonyl (C=O) groups excluding carboxylic acids is 1. The van der Waals surface area contributed by atoms with Gasteiger partial charge in [0.1, 0.15) is 11.4 Å². The van der Waals surface area contributed by atoms with Gasteiger partial charge in [0.25, 0.3) is 5.91 Å². The molecule has 51 heavy (non-hydrogen) atoms. The zero-order valence-electron chi connectivity index (χ0n) is 24.8. The van der Waals surface area contributed by atoms with Crippen molar-refractivity contribution < 1.29 is 64.1 Å². The molecule has 0 aliphatic heterocycles. The first kappa shape index (κ1) is 35.9. The first-order valence-corrected chi connectivity index (χ1v) is 13.8. The van der Waals surface area contributed by atoms with Crippen LogP contribution in [-0.2, 0) is 12.4 Å². The third-order valence-electron chi connectivity index (χ3n) is 6.90. The number of nitrogens with zero attached hydrogens (tertiary/aromatic N) is 7. The molecule has 0 fully saturated rings. The van der Waals surface area contributed by atoms with E-state index in [0.717, 1.165) is 48.8 Å². The zero-order valence-corrected chi connectivity index (χ0v) is 24.8. The molecule has 5 rings (SSSR count). The fraction of sp³-hybridized carbons (Fsp3) is 0.172. The first-order valence-electron chi connectivity index (χ1n) is 13.8. The van der Waals surface area contributed by atoms with Gasteiger partial charge in [-0.1, -0.05) is 22.6 Å². The molecule has 1 amide bonds. The second-order valence-corrected chi connectivity index (χ2v) is 10.3. The topological polar surface area (TPSA) is 178 Å². The average molecular weight is 728 g/mol. The van der Waals surface area contributed by atoms with Gasteiger partial charge in [0.2, 0.25) is 0 Å². The normalized spacial score (nSPS) is 12.2. The van der Waals surface area contributed by atoms with E-state index >= 15 is 0 Å². The number of halogens is 9. The van der Waals surface area contributed by atoms with Gasteiger partial charge >= 0.3 is 30.5 Å². The van der Waals surface area contributed by atoms with Crippen molar-refractivity contribution in [2.24, 2.45) is 0 Å². The highest BCUT2D eigenvalue weighted by Gasteiger charge is 2.40. The Morgan fingerprint density at radius 1 is 0.667 bits per heavy atom. The quantitative estimate of drug-likeness (QED) is 0.160. The molecule has 0 aliphatic carbocycles. The van der Waals surface area contributed by atoms with Gasteiger partial charge < -0.3 is 15.5 Å². The number of carboxylic acids is 2. The second kappa shape index (κ2) is 13.2. The minimum Gasteiger partial charge on any atom is -0.478 e. The number of alkyl halides is 9. The Morgan fingerprint density at radius 3 is 1.47 bits per heavy atom. The predicted octanol–water partition coefficient (Wildman–Crippen LogP) is 5.69. The summed E-state index contributed by atoms with van der Waals surface area (Å²) in [5, 5.41) is 35.4. The van der Waals surface area contributed by atoms with Gasteiger partial charge in [-0.05, 0) is 36.4 Å². The van der Waals surface area contributed by atoms with Gasteiger partial charge in [0, 0.05) is 12.1 Å². The Morgan fingerprint density at radius 2 is 1.10 bits per heavy atom. The van der Waals surface area contributed by atoms with Crippen LogP contribution in [0.25, 0.3) is 34.2 Å². The lowest BCUT2D eigenvalue weighted by atomic mass is 10.0. The summed E-state index contributed by atoms with van der Waals surface area (Å²) >= 11 is 0. The van der Waals surface area contributed by atoms with E-state index < -0.39 is 88.5 Å². The maximum absolute atomic E-state index is 14.0. The molecular weight excluding hydrogens is 711 g/mol. The van der Waals surface area contributed by atoms with E-state index in [4.69, 9.17) is 0 Å². The molecule has 0 atom stereocenters. The molecular formula is C29H17F9N8O5. The largest absolute Gasteiger partial charge is 0.478 e. The molecule has 0 saturated heterocycles. The minimum absolute atomic E-state index is 0.346. The smallest absolute Gasteiger partial charge is 0.419 e. The van der Waals surface area contributed by atoms with E-state index in [0.29, 0.717) is 21.5 Å². The number of aromatic nitrogens is 7. The number of rotatable bonds is 9. The zero-order chi connectivity index (χ0) is 37.5. The van der Waals surface area contributed by atoms with Crippen molar-refractivity contribution in [2.45, 2.75) is 24.9 Å². The summed E-state index contributed by atoms with van der Waals surface area (Å²) in [5.74, 6) is -4.90. The van der Waals surface area contributed by atoms with E-state index in [1.54, 1.807) is 0 Å². The summed E-state index contributed by atoms with van der Waals surface area (Å²) in [6, 6.07) is 7.18. The van der Waals surface area contributed by atoms with Crippen LogP contribution in [0.2, 0.25) is 0 Å². The van der Waals surface area contributed by atoms with Crippen LogP contribution in [-0.4, -0.2) is 75.8 Å². The minimum atomic E-state index is -5.18. The second-order valence-electron chi connectivity index (χ2n) is 10.3. The van der Waals surface area contributed by atoms with Crippen molar-refractivity contribution in [3.63, 3.8) is 0 Å². The molecule has 3 N–H and O–H groups in total. The molecule has 3 aromatic heterocycles. The SMILES string of the molecule is O=C(NCCC(F)(F)F)c1cc(-c2cn(-c3cccc(C(=O)O)c3C(F)(F)F)nn2)nc(-c2cn(-c3cccc(C(=O)O)c3C(F)(F)F)nn2)c1. The van der Waals surface area contributed by atoms with Crippen LogP contribution in [0, 0.1) is 0 Å². The highest BCUT2D eigenvalue weighted by molar-refractivity contribution is 5.96. The summed E-state index contributed by atoms with van der Waals surface area (Å²) in [6.45, 7) is -0.873. The molecule has 5 aromatic rings. The lowest BCUT2D eigenvalue weighted by molar-refractivity contribution is -0.138. The Labute approximate surface area is 277 Å². The monoisotopic (exact) mass is 728 g/mol. The molecule has 0 aliphatic rings. The molecule has 266 valence electrons. The van der Waals surface area contributed by atoms with Crippen molar-refractivity contribution in [3.05, 3.63) is 88.7 Å². The molecule has 3 heterocycles. The molecule has 0 saturated carbocycles.